The van der Waals surface area contributed by atoms with Crippen molar-refractivity contribution in [1.82, 2.24) is 4.90 Å². The number of carbonyl (C=O) groups is 1. The smallest absolute Gasteiger partial charge is 0.304 e. The molecule has 37 heavy (non-hydrogen) atoms. The average Bonchev–Trinajstić information content (AvgIpc) is 3.06. The molecule has 0 radical (unpaired) electrons. The highest BCUT2D eigenvalue weighted by atomic mass is 16.5. The van der Waals surface area contributed by atoms with Crippen molar-refractivity contribution in [3.8, 4) is 11.5 Å². The molecule has 0 saturated heterocycles. The molecule has 0 amide bonds. The highest BCUT2D eigenvalue weighted by molar-refractivity contribution is 5.76. The summed E-state index contributed by atoms with van der Waals surface area (Å²) in [5.74, 6) is 0.319. The molecule has 4 N–H and O–H groups in total. The Labute approximate surface area is 219 Å². The number of nitrogens with zero attached hydrogens (tertiary/aromatic N) is 1. The summed E-state index contributed by atoms with van der Waals surface area (Å²) < 4.78 is 11.8. The van der Waals surface area contributed by atoms with Crippen LogP contribution in [0.4, 0.5) is 11.4 Å². The fourth-order valence-corrected chi connectivity index (χ4v) is 5.10. The first-order chi connectivity index (χ1) is 17.8. The quantitative estimate of drug-likeness (QED) is 0.336. The van der Waals surface area contributed by atoms with Gasteiger partial charge >= 0.3 is 5.97 Å². The number of nitrogens with one attached hydrogen (secondary N) is 1. The number of methoxy groups -OCH3 is 1. The number of para-hydroxylation sites is 1. The SMILES string of the molecule is CCC1CN(Cc2cc(C(CC(=O)O)c3cc(N)c(NC)c(OC)c3)ccc2C)Cc2ccccc2O1. The molecule has 4 rings (SSSR count). The molecule has 0 spiro atoms. The molecule has 1 heterocycles. The monoisotopic (exact) mass is 503 g/mol. The van der Waals surface area contributed by atoms with Gasteiger partial charge in [-0.25, -0.2) is 0 Å². The van der Waals surface area contributed by atoms with Gasteiger partial charge in [0.1, 0.15) is 17.6 Å². The van der Waals surface area contributed by atoms with Crippen LogP contribution >= 0.6 is 0 Å². The maximum Gasteiger partial charge on any atom is 0.304 e. The van der Waals surface area contributed by atoms with Gasteiger partial charge in [0.05, 0.1) is 24.9 Å². The first-order valence-electron chi connectivity index (χ1n) is 12.8. The number of fused-ring (bicyclic) bond motifs is 1. The predicted molar refractivity (Wildman–Crippen MR) is 147 cm³/mol. The van der Waals surface area contributed by atoms with Crippen LogP contribution in [0.15, 0.2) is 54.6 Å². The normalized spacial score (nSPS) is 16.3. The third-order valence-electron chi connectivity index (χ3n) is 7.15. The summed E-state index contributed by atoms with van der Waals surface area (Å²) in [5, 5.41) is 12.8. The summed E-state index contributed by atoms with van der Waals surface area (Å²) in [5.41, 5.74) is 12.8. The van der Waals surface area contributed by atoms with Crippen LogP contribution in [0.1, 0.15) is 53.5 Å². The van der Waals surface area contributed by atoms with E-state index in [0.29, 0.717) is 17.1 Å². The van der Waals surface area contributed by atoms with E-state index in [1.54, 1.807) is 14.2 Å². The summed E-state index contributed by atoms with van der Waals surface area (Å²) in [7, 11) is 3.37. The maximum absolute atomic E-state index is 11.9. The van der Waals surface area contributed by atoms with E-state index in [1.165, 1.54) is 16.7 Å². The number of anilines is 2. The van der Waals surface area contributed by atoms with Crippen molar-refractivity contribution >= 4 is 17.3 Å². The second kappa shape index (κ2) is 11.6. The third kappa shape index (κ3) is 6.00. The Bertz CT molecular complexity index is 1260. The van der Waals surface area contributed by atoms with Crippen molar-refractivity contribution in [3.63, 3.8) is 0 Å². The van der Waals surface area contributed by atoms with E-state index in [0.717, 1.165) is 42.9 Å². The van der Waals surface area contributed by atoms with Crippen LogP contribution in [0, 0.1) is 6.92 Å². The van der Waals surface area contributed by atoms with E-state index in [4.69, 9.17) is 15.2 Å². The van der Waals surface area contributed by atoms with Crippen LogP contribution in [-0.2, 0) is 17.9 Å². The van der Waals surface area contributed by atoms with Gasteiger partial charge in [0.25, 0.3) is 0 Å². The molecule has 3 aromatic rings. The molecule has 3 aromatic carbocycles. The molecule has 0 aliphatic carbocycles. The minimum Gasteiger partial charge on any atom is -0.494 e. The number of carboxylic acids is 1. The number of benzene rings is 3. The first kappa shape index (κ1) is 26.4. The Morgan fingerprint density at radius 1 is 1.22 bits per heavy atom. The van der Waals surface area contributed by atoms with Gasteiger partial charge in [0, 0.05) is 38.2 Å². The standard InChI is InChI=1S/C30H37N3O4/c1-5-24-18-33(16-21-8-6-7-9-27(21)37-24)17-23-12-20(11-10-19(23)2)25(15-29(34)35)22-13-26(31)30(32-3)28(14-22)36-4/h6-14,24-25,32H,5,15-18,31H2,1-4H3,(H,34,35). The molecule has 0 bridgehead atoms. The summed E-state index contributed by atoms with van der Waals surface area (Å²) >= 11 is 0. The van der Waals surface area contributed by atoms with Crippen molar-refractivity contribution in [1.29, 1.82) is 0 Å². The van der Waals surface area contributed by atoms with E-state index in [2.05, 4.69) is 42.3 Å². The van der Waals surface area contributed by atoms with E-state index in [-0.39, 0.29) is 18.4 Å². The zero-order valence-electron chi connectivity index (χ0n) is 22.1. The van der Waals surface area contributed by atoms with E-state index in [1.807, 2.05) is 36.4 Å². The minimum absolute atomic E-state index is 0.0488. The molecule has 0 aromatic heterocycles. The lowest BCUT2D eigenvalue weighted by molar-refractivity contribution is -0.137. The summed E-state index contributed by atoms with van der Waals surface area (Å²) in [4.78, 5) is 14.3. The largest absolute Gasteiger partial charge is 0.494 e. The van der Waals surface area contributed by atoms with Crippen molar-refractivity contribution in [2.75, 3.05) is 31.8 Å². The number of nitrogen functional groups attached to an aromatic ring is 1. The minimum atomic E-state index is -0.866. The van der Waals surface area contributed by atoms with Gasteiger partial charge in [-0.05, 0) is 53.8 Å². The molecular weight excluding hydrogens is 466 g/mol. The fraction of sp³-hybridized carbons (Fsp3) is 0.367. The number of hydrogen-bond acceptors (Lipinski definition) is 6. The highest BCUT2D eigenvalue weighted by Gasteiger charge is 2.24. The second-order valence-electron chi connectivity index (χ2n) is 9.70. The topological polar surface area (TPSA) is 97.1 Å². The van der Waals surface area contributed by atoms with Crippen LogP contribution in [0.25, 0.3) is 0 Å². The Morgan fingerprint density at radius 2 is 2.00 bits per heavy atom. The van der Waals surface area contributed by atoms with Crippen molar-refractivity contribution in [2.45, 2.75) is 51.8 Å². The number of hydrogen-bond donors (Lipinski definition) is 3. The molecule has 0 fully saturated rings. The molecule has 2 atom stereocenters. The third-order valence-corrected chi connectivity index (χ3v) is 7.15. The molecule has 7 heteroatoms. The Morgan fingerprint density at radius 3 is 2.70 bits per heavy atom. The maximum atomic E-state index is 11.9. The molecule has 7 nitrogen and oxygen atoms in total. The van der Waals surface area contributed by atoms with Crippen molar-refractivity contribution in [3.05, 3.63) is 82.4 Å². The number of ether oxygens (including phenoxy) is 2. The lowest BCUT2D eigenvalue weighted by atomic mass is 9.86. The molecular formula is C30H37N3O4. The number of nitrogens with two attached hydrogens (primary N) is 1. The van der Waals surface area contributed by atoms with Crippen LogP contribution in [-0.4, -0.2) is 42.8 Å². The fourth-order valence-electron chi connectivity index (χ4n) is 5.10. The summed E-state index contributed by atoms with van der Waals surface area (Å²) in [6, 6.07) is 18.2. The van der Waals surface area contributed by atoms with Gasteiger partial charge in [-0.3, -0.25) is 9.69 Å². The zero-order chi connectivity index (χ0) is 26.5. The number of aryl methyl sites for hydroxylation is 1. The average molecular weight is 504 g/mol. The lowest BCUT2D eigenvalue weighted by Crippen LogP contribution is -2.32. The second-order valence-corrected chi connectivity index (χ2v) is 9.70. The molecule has 1 aliphatic rings. The zero-order valence-corrected chi connectivity index (χ0v) is 22.1. The van der Waals surface area contributed by atoms with Gasteiger partial charge in [-0.15, -0.1) is 0 Å². The first-order valence-corrected chi connectivity index (χ1v) is 12.8. The van der Waals surface area contributed by atoms with Gasteiger partial charge in [-0.1, -0.05) is 43.3 Å². The molecule has 2 unspecified atom stereocenters. The summed E-state index contributed by atoms with van der Waals surface area (Å²) in [6.07, 6.45) is 0.997. The summed E-state index contributed by atoms with van der Waals surface area (Å²) in [6.45, 7) is 6.63. The molecule has 0 saturated carbocycles. The van der Waals surface area contributed by atoms with E-state index >= 15 is 0 Å². The molecule has 1 aliphatic heterocycles. The molecule has 196 valence electrons. The van der Waals surface area contributed by atoms with Crippen LogP contribution in [0.5, 0.6) is 11.5 Å². The van der Waals surface area contributed by atoms with Crippen LogP contribution in [0.2, 0.25) is 0 Å². The van der Waals surface area contributed by atoms with Gasteiger partial charge < -0.3 is 25.6 Å². The van der Waals surface area contributed by atoms with Gasteiger partial charge in [0.2, 0.25) is 0 Å². The Kier molecular flexibility index (Phi) is 8.24. The Hall–Kier alpha value is -3.71. The van der Waals surface area contributed by atoms with Crippen LogP contribution < -0.4 is 20.5 Å². The number of rotatable bonds is 9. The van der Waals surface area contributed by atoms with Crippen molar-refractivity contribution in [2.24, 2.45) is 0 Å². The number of aliphatic carboxylic acids is 1. The van der Waals surface area contributed by atoms with Gasteiger partial charge in [0.15, 0.2) is 0 Å². The predicted octanol–water partition coefficient (Wildman–Crippen LogP) is 5.41. The van der Waals surface area contributed by atoms with Crippen molar-refractivity contribution < 1.29 is 19.4 Å². The van der Waals surface area contributed by atoms with Gasteiger partial charge in [-0.2, -0.15) is 0 Å². The highest BCUT2D eigenvalue weighted by Crippen LogP contribution is 2.38. The number of carboxylic acid groups (broad SMARTS) is 1. The lowest BCUT2D eigenvalue weighted by Gasteiger charge is -2.25. The van der Waals surface area contributed by atoms with E-state index in [9.17, 15) is 9.90 Å². The van der Waals surface area contributed by atoms with Crippen LogP contribution in [0.3, 0.4) is 0 Å². The Balaban J connectivity index is 1.68. The van der Waals surface area contributed by atoms with E-state index < -0.39 is 5.97 Å².